The van der Waals surface area contributed by atoms with Crippen LogP contribution < -0.4 is 27.2 Å². The molecule has 0 aliphatic carbocycles. The van der Waals surface area contributed by atoms with Gasteiger partial charge in [-0.2, -0.15) is 0 Å². The van der Waals surface area contributed by atoms with Crippen LogP contribution in [0.4, 0.5) is 4.79 Å². The van der Waals surface area contributed by atoms with Crippen LogP contribution >= 0.6 is 0 Å². The maximum Gasteiger partial charge on any atom is 3.00 e. The Morgan fingerprint density at radius 1 is 0.514 bits per heavy atom. The molecule has 0 fully saturated rings. The zero-order valence-corrected chi connectivity index (χ0v) is 23.3. The van der Waals surface area contributed by atoms with Crippen molar-refractivity contribution >= 4 is 6.16 Å². The van der Waals surface area contributed by atoms with E-state index in [0.29, 0.717) is 0 Å². The second-order valence-electron chi connectivity index (χ2n) is 7.13. The van der Waals surface area contributed by atoms with E-state index in [1.807, 2.05) is 101 Å². The molecule has 0 unspecified atom stereocenters. The minimum Gasteiger partial charge on any atom is -1.00 e. The molecule has 202 valence electrons. The van der Waals surface area contributed by atoms with E-state index in [9.17, 15) is 0 Å². The van der Waals surface area contributed by atoms with E-state index in [1.54, 1.807) is 0 Å². The van der Waals surface area contributed by atoms with Crippen molar-refractivity contribution in [3.63, 3.8) is 0 Å². The van der Waals surface area contributed by atoms with Gasteiger partial charge in [0.15, 0.2) is 0 Å². The fraction of sp³-hybridized carbons (Fsp3) is 0.160. The first-order valence-electron chi connectivity index (χ1n) is 9.84. The smallest absolute Gasteiger partial charge is 1.00 e. The average molecular weight is 621 g/mol. The molecule has 0 aliphatic heterocycles. The van der Waals surface area contributed by atoms with Crippen LogP contribution in [0.1, 0.15) is 22.3 Å². The van der Waals surface area contributed by atoms with Gasteiger partial charge in [0.05, 0.1) is 22.8 Å². The third-order valence-electron chi connectivity index (χ3n) is 4.17. The summed E-state index contributed by atoms with van der Waals surface area (Å²) in [7, 11) is 0. The minimum atomic E-state index is -2.33. The van der Waals surface area contributed by atoms with Crippen molar-refractivity contribution in [2.75, 3.05) is 0 Å². The Hall–Kier alpha value is -3.26. The first-order chi connectivity index (χ1) is 15.2. The SMILES string of the molecule is Cc1ccc(-c2ccc(C)cn2)nc1.Cc1ccc(-c2ccc(C)cn2)nc1.O.O.O.O=C([O-])[O-].[Br-].[Co+3]. The molecule has 4 aromatic heterocycles. The van der Waals surface area contributed by atoms with E-state index >= 15 is 0 Å². The molecule has 4 heterocycles. The molecule has 6 N–H and O–H groups in total. The van der Waals surface area contributed by atoms with Crippen molar-refractivity contribution in [1.29, 1.82) is 0 Å². The van der Waals surface area contributed by atoms with Gasteiger partial charge in [0.25, 0.3) is 0 Å². The van der Waals surface area contributed by atoms with E-state index < -0.39 is 6.16 Å². The fourth-order valence-corrected chi connectivity index (χ4v) is 2.48. The molecular formula is C25H30BrCoN4O6. The molecule has 0 spiro atoms. The summed E-state index contributed by atoms with van der Waals surface area (Å²) in [5, 5.41) is 16.7. The molecule has 0 saturated carbocycles. The molecule has 4 rings (SSSR count). The monoisotopic (exact) mass is 620 g/mol. The van der Waals surface area contributed by atoms with Gasteiger partial charge in [-0.1, -0.05) is 24.3 Å². The quantitative estimate of drug-likeness (QED) is 0.237. The fourth-order valence-electron chi connectivity index (χ4n) is 2.48. The van der Waals surface area contributed by atoms with Crippen molar-refractivity contribution in [2.45, 2.75) is 27.7 Å². The Balaban J connectivity index is -0.000000230. The number of hydrogen-bond donors (Lipinski definition) is 0. The van der Waals surface area contributed by atoms with E-state index in [2.05, 4.69) is 19.9 Å². The van der Waals surface area contributed by atoms with Gasteiger partial charge in [-0.25, -0.2) is 0 Å². The van der Waals surface area contributed by atoms with Crippen molar-refractivity contribution in [2.24, 2.45) is 0 Å². The summed E-state index contributed by atoms with van der Waals surface area (Å²) in [6.07, 6.45) is 5.10. The van der Waals surface area contributed by atoms with Crippen LogP contribution in [-0.4, -0.2) is 42.5 Å². The van der Waals surface area contributed by atoms with Crippen molar-refractivity contribution in [1.82, 2.24) is 19.9 Å². The zero-order chi connectivity index (χ0) is 23.5. The topological polar surface area (TPSA) is 209 Å². The molecule has 10 nitrogen and oxygen atoms in total. The van der Waals surface area contributed by atoms with Gasteiger partial charge >= 0.3 is 16.8 Å². The van der Waals surface area contributed by atoms with Crippen molar-refractivity contribution in [3.05, 3.63) is 95.6 Å². The van der Waals surface area contributed by atoms with Gasteiger partial charge in [0.2, 0.25) is 0 Å². The number of carbonyl (C=O) groups excluding carboxylic acids is 1. The molecule has 4 aromatic rings. The molecule has 0 atom stereocenters. The molecule has 0 aliphatic rings. The Morgan fingerprint density at radius 3 is 0.784 bits per heavy atom. The summed E-state index contributed by atoms with van der Waals surface area (Å²) in [5.74, 6) is 0. The minimum absolute atomic E-state index is 0. The third-order valence-corrected chi connectivity index (χ3v) is 4.17. The van der Waals surface area contributed by atoms with Gasteiger partial charge in [0, 0.05) is 24.8 Å². The number of aryl methyl sites for hydroxylation is 4. The van der Waals surface area contributed by atoms with Crippen molar-refractivity contribution in [3.8, 4) is 22.8 Å². The van der Waals surface area contributed by atoms with E-state index in [4.69, 9.17) is 15.0 Å². The average Bonchev–Trinajstić information content (AvgIpc) is 2.76. The molecule has 0 radical (unpaired) electrons. The van der Waals surface area contributed by atoms with Crippen molar-refractivity contribution < 1.29 is 65.2 Å². The van der Waals surface area contributed by atoms with Crippen LogP contribution in [0, 0.1) is 27.7 Å². The molecule has 12 heteroatoms. The Bertz CT molecular complexity index is 954. The van der Waals surface area contributed by atoms with Gasteiger partial charge in [0.1, 0.15) is 0 Å². The van der Waals surface area contributed by atoms with E-state index in [-0.39, 0.29) is 50.2 Å². The number of carbonyl (C=O) groups is 1. The molecule has 0 amide bonds. The molecule has 0 aromatic carbocycles. The number of halogens is 1. The third kappa shape index (κ3) is 15.5. The van der Waals surface area contributed by atoms with Gasteiger partial charge in [-0.15, -0.1) is 0 Å². The predicted molar refractivity (Wildman–Crippen MR) is 130 cm³/mol. The maximum atomic E-state index is 8.33. The Kier molecular flexibility index (Phi) is 23.1. The van der Waals surface area contributed by atoms with Crippen LogP contribution in [0.5, 0.6) is 0 Å². The normalized spacial score (nSPS) is 8.32. The first-order valence-corrected chi connectivity index (χ1v) is 9.84. The van der Waals surface area contributed by atoms with E-state index in [0.717, 1.165) is 22.8 Å². The van der Waals surface area contributed by atoms with Gasteiger partial charge < -0.3 is 48.4 Å². The summed E-state index contributed by atoms with van der Waals surface area (Å²) in [6.45, 7) is 8.11. The number of hydrogen-bond acceptors (Lipinski definition) is 7. The van der Waals surface area contributed by atoms with E-state index in [1.165, 1.54) is 22.3 Å². The number of nitrogens with zero attached hydrogens (tertiary/aromatic N) is 4. The predicted octanol–water partition coefficient (Wildman–Crippen LogP) is -2.40. The largest absolute Gasteiger partial charge is 3.00 e. The molecular weight excluding hydrogens is 591 g/mol. The summed E-state index contributed by atoms with van der Waals surface area (Å²) in [5.41, 5.74) is 8.38. The molecule has 37 heavy (non-hydrogen) atoms. The number of pyridine rings is 4. The Morgan fingerprint density at radius 2 is 0.676 bits per heavy atom. The molecule has 0 saturated heterocycles. The standard InChI is InChI=1S/2C12H12N2.CH2O3.BrH.Co.3H2O/c2*1-9-3-5-11(13-7-9)12-6-4-10(2)8-14-12;2-1(3)4;;;;;/h2*3-8H,1-2H3;(H2,2,3,4);1H;;3*1H2/q;;;;+3;;;/p-3. The summed E-state index contributed by atoms with van der Waals surface area (Å²) >= 11 is 0. The van der Waals surface area contributed by atoms with Crippen LogP contribution in [0.15, 0.2) is 73.3 Å². The van der Waals surface area contributed by atoms with Gasteiger partial charge in [-0.3, -0.25) is 19.9 Å². The summed E-state index contributed by atoms with van der Waals surface area (Å²) in [6, 6.07) is 16.2. The maximum absolute atomic E-state index is 8.33. The van der Waals surface area contributed by atoms with Crippen LogP contribution in [-0.2, 0) is 16.8 Å². The van der Waals surface area contributed by atoms with Gasteiger partial charge in [-0.05, 0) is 80.4 Å². The summed E-state index contributed by atoms with van der Waals surface area (Å²) in [4.78, 5) is 25.6. The molecule has 0 bridgehead atoms. The number of rotatable bonds is 2. The second kappa shape index (κ2) is 20.9. The van der Waals surface area contributed by atoms with Crippen LogP contribution in [0.25, 0.3) is 22.8 Å². The Labute approximate surface area is 236 Å². The first kappa shape index (κ1) is 40.9. The summed E-state index contributed by atoms with van der Waals surface area (Å²) < 4.78 is 0. The second-order valence-corrected chi connectivity index (χ2v) is 7.13. The van der Waals surface area contributed by atoms with Crippen LogP contribution in [0.3, 0.4) is 0 Å². The zero-order valence-electron chi connectivity index (χ0n) is 20.7. The van der Waals surface area contributed by atoms with Crippen LogP contribution in [0.2, 0.25) is 0 Å². The number of aromatic nitrogens is 4. The number of carboxylic acid groups (broad SMARTS) is 2.